The van der Waals surface area contributed by atoms with Crippen LogP contribution < -0.4 is 4.90 Å². The predicted octanol–water partition coefficient (Wildman–Crippen LogP) is 8.08. The molecule has 0 amide bonds. The van der Waals surface area contributed by atoms with Crippen LogP contribution in [0.25, 0.3) is 11.1 Å². The van der Waals surface area contributed by atoms with Crippen molar-refractivity contribution in [3.05, 3.63) is 150 Å². The lowest BCUT2D eigenvalue weighted by molar-refractivity contribution is 0.0624. The number of anilines is 3. The zero-order chi connectivity index (χ0) is 23.0. The topological polar surface area (TPSA) is 12.5 Å². The van der Waals surface area contributed by atoms with E-state index < -0.39 is 5.60 Å². The molecule has 0 aliphatic heterocycles. The van der Waals surface area contributed by atoms with Crippen molar-refractivity contribution < 1.29 is 4.74 Å². The van der Waals surface area contributed by atoms with Crippen molar-refractivity contribution in [2.45, 2.75) is 5.60 Å². The van der Waals surface area contributed by atoms with Crippen LogP contribution in [0.2, 0.25) is 0 Å². The summed E-state index contributed by atoms with van der Waals surface area (Å²) in [6, 6.07) is 46.9. The van der Waals surface area contributed by atoms with Crippen LogP contribution in [0.5, 0.6) is 0 Å². The van der Waals surface area contributed by atoms with Crippen molar-refractivity contribution in [2.75, 3.05) is 12.0 Å². The third-order valence-corrected chi connectivity index (χ3v) is 6.77. The molecule has 1 aliphatic rings. The van der Waals surface area contributed by atoms with E-state index in [1.54, 1.807) is 0 Å². The summed E-state index contributed by atoms with van der Waals surface area (Å²) >= 11 is 0. The fourth-order valence-corrected chi connectivity index (χ4v) is 5.29. The quantitative estimate of drug-likeness (QED) is 0.274. The SMILES string of the molecule is COC1(c2ccc(N(c3ccccc3)c3ccccc3)cc2)c2ccccc2-c2ccccc21. The number of para-hydroxylation sites is 2. The summed E-state index contributed by atoms with van der Waals surface area (Å²) in [4.78, 5) is 2.28. The summed E-state index contributed by atoms with van der Waals surface area (Å²) in [5, 5.41) is 0. The molecule has 164 valence electrons. The van der Waals surface area contributed by atoms with Crippen molar-refractivity contribution in [2.24, 2.45) is 0 Å². The van der Waals surface area contributed by atoms with Crippen LogP contribution in [0.3, 0.4) is 0 Å². The molecule has 0 heterocycles. The van der Waals surface area contributed by atoms with Crippen molar-refractivity contribution in [3.8, 4) is 11.1 Å². The molecule has 0 radical (unpaired) electrons. The molecular weight excluding hydrogens is 414 g/mol. The van der Waals surface area contributed by atoms with Crippen LogP contribution in [0, 0.1) is 0 Å². The fraction of sp³-hybridized carbons (Fsp3) is 0.0625. The van der Waals surface area contributed by atoms with E-state index in [4.69, 9.17) is 4.74 Å². The molecule has 6 rings (SSSR count). The third kappa shape index (κ3) is 3.07. The molecule has 0 bridgehead atoms. The van der Waals surface area contributed by atoms with Gasteiger partial charge in [0.15, 0.2) is 0 Å². The highest BCUT2D eigenvalue weighted by atomic mass is 16.5. The number of hydrogen-bond acceptors (Lipinski definition) is 2. The standard InChI is InChI=1S/C32H25NO/c1-34-32(30-18-10-8-16-28(30)29-17-9-11-19-31(29)32)24-20-22-27(23-21-24)33(25-12-4-2-5-13-25)26-14-6-3-7-15-26/h2-23H,1H3. The Hall–Kier alpha value is -4.14. The molecule has 0 N–H and O–H groups in total. The van der Waals surface area contributed by atoms with Crippen LogP contribution in [0.4, 0.5) is 17.1 Å². The number of benzene rings is 5. The first kappa shape index (κ1) is 20.5. The number of rotatable bonds is 5. The first-order valence-electron chi connectivity index (χ1n) is 11.6. The van der Waals surface area contributed by atoms with Crippen LogP contribution in [0.1, 0.15) is 16.7 Å². The highest BCUT2D eigenvalue weighted by Gasteiger charge is 2.44. The van der Waals surface area contributed by atoms with Gasteiger partial charge in [0.05, 0.1) is 0 Å². The summed E-state index contributed by atoms with van der Waals surface area (Å²) in [7, 11) is 1.81. The van der Waals surface area contributed by atoms with Crippen LogP contribution >= 0.6 is 0 Å². The average Bonchev–Trinajstić information content (AvgIpc) is 3.21. The minimum atomic E-state index is -0.629. The molecule has 0 fully saturated rings. The van der Waals surface area contributed by atoms with E-state index in [1.807, 2.05) is 19.2 Å². The number of nitrogens with zero attached hydrogens (tertiary/aromatic N) is 1. The molecule has 2 nitrogen and oxygen atoms in total. The summed E-state index contributed by atoms with van der Waals surface area (Å²) in [5.74, 6) is 0. The van der Waals surface area contributed by atoms with Gasteiger partial charge >= 0.3 is 0 Å². The van der Waals surface area contributed by atoms with Crippen LogP contribution in [-0.4, -0.2) is 7.11 Å². The molecule has 0 aromatic heterocycles. The molecule has 0 saturated heterocycles. The normalized spacial score (nSPS) is 13.2. The van der Waals surface area contributed by atoms with Gasteiger partial charge in [0.2, 0.25) is 0 Å². The van der Waals surface area contributed by atoms with Gasteiger partial charge in [-0.1, -0.05) is 97.1 Å². The van der Waals surface area contributed by atoms with Gasteiger partial charge < -0.3 is 9.64 Å². The predicted molar refractivity (Wildman–Crippen MR) is 140 cm³/mol. The molecule has 1 aliphatic carbocycles. The Morgan fingerprint density at radius 3 is 1.35 bits per heavy atom. The smallest absolute Gasteiger partial charge is 0.144 e. The molecule has 2 heteroatoms. The fourth-order valence-electron chi connectivity index (χ4n) is 5.29. The van der Waals surface area contributed by atoms with E-state index in [0.717, 1.165) is 22.6 Å². The Morgan fingerprint density at radius 2 is 0.882 bits per heavy atom. The summed E-state index contributed by atoms with van der Waals surface area (Å²) in [5.41, 5.74) is 8.70. The van der Waals surface area contributed by atoms with E-state index in [1.165, 1.54) is 22.3 Å². The molecule has 34 heavy (non-hydrogen) atoms. The molecule has 5 aromatic rings. The Bertz CT molecular complexity index is 1340. The van der Waals surface area contributed by atoms with Gasteiger partial charge in [-0.15, -0.1) is 0 Å². The van der Waals surface area contributed by atoms with Gasteiger partial charge in [0.25, 0.3) is 0 Å². The Kier molecular flexibility index (Phi) is 5.01. The summed E-state index contributed by atoms with van der Waals surface area (Å²) in [6.07, 6.45) is 0. The second-order valence-electron chi connectivity index (χ2n) is 8.53. The van der Waals surface area contributed by atoms with Gasteiger partial charge in [-0.25, -0.2) is 0 Å². The van der Waals surface area contributed by atoms with E-state index >= 15 is 0 Å². The first-order valence-corrected chi connectivity index (χ1v) is 11.6. The van der Waals surface area contributed by atoms with E-state index in [-0.39, 0.29) is 0 Å². The van der Waals surface area contributed by atoms with Crippen molar-refractivity contribution in [3.63, 3.8) is 0 Å². The molecule has 0 unspecified atom stereocenters. The monoisotopic (exact) mass is 439 g/mol. The molecule has 0 saturated carbocycles. The zero-order valence-corrected chi connectivity index (χ0v) is 19.1. The lowest BCUT2D eigenvalue weighted by Gasteiger charge is -2.32. The van der Waals surface area contributed by atoms with Gasteiger partial charge in [-0.3, -0.25) is 0 Å². The molecule has 0 atom stereocenters. The molecule has 0 spiro atoms. The minimum Gasteiger partial charge on any atom is -0.364 e. The lowest BCUT2D eigenvalue weighted by atomic mass is 9.84. The van der Waals surface area contributed by atoms with Gasteiger partial charge in [-0.05, 0) is 53.1 Å². The molecular formula is C32H25NO. The Labute approximate surface area is 200 Å². The Balaban J connectivity index is 1.50. The summed E-state index contributed by atoms with van der Waals surface area (Å²) in [6.45, 7) is 0. The zero-order valence-electron chi connectivity index (χ0n) is 19.1. The highest BCUT2D eigenvalue weighted by molar-refractivity contribution is 5.83. The maximum atomic E-state index is 6.39. The third-order valence-electron chi connectivity index (χ3n) is 6.77. The number of fused-ring (bicyclic) bond motifs is 3. The second-order valence-corrected chi connectivity index (χ2v) is 8.53. The van der Waals surface area contributed by atoms with Crippen molar-refractivity contribution in [1.29, 1.82) is 0 Å². The van der Waals surface area contributed by atoms with Crippen LogP contribution in [-0.2, 0) is 10.3 Å². The minimum absolute atomic E-state index is 0.629. The van der Waals surface area contributed by atoms with Crippen molar-refractivity contribution >= 4 is 17.1 Å². The van der Waals surface area contributed by atoms with Gasteiger partial charge in [0, 0.05) is 35.3 Å². The Morgan fingerprint density at radius 1 is 0.471 bits per heavy atom. The van der Waals surface area contributed by atoms with E-state index in [9.17, 15) is 0 Å². The molecule has 5 aromatic carbocycles. The van der Waals surface area contributed by atoms with Crippen molar-refractivity contribution in [1.82, 2.24) is 0 Å². The van der Waals surface area contributed by atoms with E-state index in [0.29, 0.717) is 0 Å². The number of hydrogen-bond donors (Lipinski definition) is 0. The largest absolute Gasteiger partial charge is 0.364 e. The number of methoxy groups -OCH3 is 1. The number of ether oxygens (including phenoxy) is 1. The average molecular weight is 440 g/mol. The maximum Gasteiger partial charge on any atom is 0.144 e. The lowest BCUT2D eigenvalue weighted by Crippen LogP contribution is -2.29. The van der Waals surface area contributed by atoms with Gasteiger partial charge in [0.1, 0.15) is 5.60 Å². The van der Waals surface area contributed by atoms with Gasteiger partial charge in [-0.2, -0.15) is 0 Å². The van der Waals surface area contributed by atoms with E-state index in [2.05, 4.69) is 126 Å². The highest BCUT2D eigenvalue weighted by Crippen LogP contribution is 2.53. The summed E-state index contributed by atoms with van der Waals surface area (Å²) < 4.78 is 6.39. The second kappa shape index (κ2) is 8.33. The first-order chi connectivity index (χ1) is 16.8. The van der Waals surface area contributed by atoms with Crippen LogP contribution in [0.15, 0.2) is 133 Å². The maximum absolute atomic E-state index is 6.39.